The van der Waals surface area contributed by atoms with Crippen LogP contribution < -0.4 is 0 Å². The maximum Gasteiger partial charge on any atom is 0.410 e. The first-order valence-electron chi connectivity index (χ1n) is 7.24. The molecule has 0 unspecified atom stereocenters. The van der Waals surface area contributed by atoms with Crippen molar-refractivity contribution in [3.05, 3.63) is 35.9 Å². The molecule has 0 radical (unpaired) electrons. The first kappa shape index (κ1) is 15.9. The molecule has 1 aliphatic rings. The minimum atomic E-state index is -0.239. The molecule has 1 aromatic rings. The van der Waals surface area contributed by atoms with E-state index in [2.05, 4.69) is 0 Å². The maximum atomic E-state index is 12.0. The Morgan fingerprint density at radius 2 is 1.90 bits per heavy atom. The van der Waals surface area contributed by atoms with Crippen LogP contribution >= 0.6 is 11.8 Å². The van der Waals surface area contributed by atoms with Crippen molar-refractivity contribution < 1.29 is 14.3 Å². The highest BCUT2D eigenvalue weighted by Gasteiger charge is 2.23. The van der Waals surface area contributed by atoms with Gasteiger partial charge in [-0.2, -0.15) is 0 Å². The van der Waals surface area contributed by atoms with E-state index in [1.54, 1.807) is 11.8 Å². The van der Waals surface area contributed by atoms with E-state index in [9.17, 15) is 9.59 Å². The zero-order valence-corrected chi connectivity index (χ0v) is 13.1. The van der Waals surface area contributed by atoms with Crippen molar-refractivity contribution in [2.45, 2.75) is 26.4 Å². The van der Waals surface area contributed by atoms with Gasteiger partial charge in [-0.25, -0.2) is 4.79 Å². The monoisotopic (exact) mass is 307 g/mol. The van der Waals surface area contributed by atoms with Crippen molar-refractivity contribution in [1.29, 1.82) is 0 Å². The van der Waals surface area contributed by atoms with Crippen molar-refractivity contribution in [2.75, 3.05) is 18.8 Å². The number of benzene rings is 1. The van der Waals surface area contributed by atoms with Gasteiger partial charge in [0.25, 0.3) is 0 Å². The smallest absolute Gasteiger partial charge is 0.410 e. The van der Waals surface area contributed by atoms with Gasteiger partial charge in [-0.3, -0.25) is 4.79 Å². The molecule has 1 aliphatic heterocycles. The Morgan fingerprint density at radius 1 is 1.24 bits per heavy atom. The van der Waals surface area contributed by atoms with Gasteiger partial charge in [-0.1, -0.05) is 42.1 Å². The Bertz CT molecular complexity index is 470. The summed E-state index contributed by atoms with van der Waals surface area (Å²) in [4.78, 5) is 24.7. The molecule has 0 saturated carbocycles. The second-order valence-electron chi connectivity index (χ2n) is 5.27. The zero-order valence-electron chi connectivity index (χ0n) is 12.3. The molecule has 0 atom stereocenters. The molecule has 114 valence electrons. The summed E-state index contributed by atoms with van der Waals surface area (Å²) in [7, 11) is 0. The van der Waals surface area contributed by atoms with Crippen molar-refractivity contribution in [3.63, 3.8) is 0 Å². The number of amides is 1. The second-order valence-corrected chi connectivity index (χ2v) is 6.47. The van der Waals surface area contributed by atoms with E-state index in [4.69, 9.17) is 4.74 Å². The molecule has 0 aromatic heterocycles. The summed E-state index contributed by atoms with van der Waals surface area (Å²) in [5, 5.41) is 0.166. The number of thioether (sulfide) groups is 1. The molecule has 1 amide bonds. The van der Waals surface area contributed by atoms with Crippen LogP contribution in [0.3, 0.4) is 0 Å². The highest BCUT2D eigenvalue weighted by atomic mass is 32.2. The van der Waals surface area contributed by atoms with Gasteiger partial charge in [0.1, 0.15) is 6.61 Å². The lowest BCUT2D eigenvalue weighted by molar-refractivity contribution is -0.109. The Hall–Kier alpha value is -1.49. The summed E-state index contributed by atoms with van der Waals surface area (Å²) >= 11 is 1.38. The third-order valence-corrected chi connectivity index (χ3v) is 4.64. The number of rotatable bonds is 4. The molecule has 5 heteroatoms. The Balaban J connectivity index is 1.69. The molecular weight excluding hydrogens is 286 g/mol. The summed E-state index contributed by atoms with van der Waals surface area (Å²) in [5.74, 6) is 1.39. The van der Waals surface area contributed by atoms with Gasteiger partial charge in [0.2, 0.25) is 0 Å². The lowest BCUT2D eigenvalue weighted by Gasteiger charge is -2.31. The van der Waals surface area contributed by atoms with Crippen LogP contribution in [-0.4, -0.2) is 35.0 Å². The van der Waals surface area contributed by atoms with Gasteiger partial charge >= 0.3 is 6.09 Å². The predicted molar refractivity (Wildman–Crippen MR) is 84.1 cm³/mol. The normalized spacial score (nSPS) is 15.8. The number of hydrogen-bond donors (Lipinski definition) is 0. The second kappa shape index (κ2) is 8.08. The molecule has 0 spiro atoms. The fourth-order valence-corrected chi connectivity index (χ4v) is 3.13. The van der Waals surface area contributed by atoms with E-state index in [-0.39, 0.29) is 11.2 Å². The summed E-state index contributed by atoms with van der Waals surface area (Å²) in [5.41, 5.74) is 0.999. The average molecular weight is 307 g/mol. The Morgan fingerprint density at radius 3 is 2.52 bits per heavy atom. The number of carbonyl (C=O) groups excluding carboxylic acids is 2. The molecule has 2 rings (SSSR count). The third kappa shape index (κ3) is 5.42. The third-order valence-electron chi connectivity index (χ3n) is 3.60. The zero-order chi connectivity index (χ0) is 15.1. The lowest BCUT2D eigenvalue weighted by Crippen LogP contribution is -2.39. The number of piperidine rings is 1. The van der Waals surface area contributed by atoms with Crippen LogP contribution in [0.15, 0.2) is 30.3 Å². The highest BCUT2D eigenvalue weighted by Crippen LogP contribution is 2.22. The molecule has 0 bridgehead atoms. The average Bonchev–Trinajstić information content (AvgIpc) is 2.52. The lowest BCUT2D eigenvalue weighted by atomic mass is 9.99. The van der Waals surface area contributed by atoms with E-state index >= 15 is 0 Å². The van der Waals surface area contributed by atoms with Crippen LogP contribution in [0.1, 0.15) is 25.3 Å². The Labute approximate surface area is 129 Å². The number of carbonyl (C=O) groups is 2. The largest absolute Gasteiger partial charge is 0.445 e. The molecule has 0 aliphatic carbocycles. The van der Waals surface area contributed by atoms with Gasteiger partial charge in [-0.15, -0.1) is 0 Å². The Kier molecular flexibility index (Phi) is 6.11. The topological polar surface area (TPSA) is 46.6 Å². The predicted octanol–water partition coefficient (Wildman–Crippen LogP) is 3.31. The van der Waals surface area contributed by atoms with Crippen molar-refractivity contribution in [1.82, 2.24) is 4.90 Å². The molecule has 1 fully saturated rings. The molecule has 1 saturated heterocycles. The van der Waals surface area contributed by atoms with E-state index < -0.39 is 0 Å². The number of likely N-dealkylation sites (tertiary alicyclic amines) is 1. The summed E-state index contributed by atoms with van der Waals surface area (Å²) < 4.78 is 5.33. The van der Waals surface area contributed by atoms with Crippen molar-refractivity contribution in [3.8, 4) is 0 Å². The molecule has 1 aromatic carbocycles. The van der Waals surface area contributed by atoms with Crippen LogP contribution in [0.25, 0.3) is 0 Å². The summed E-state index contributed by atoms with van der Waals surface area (Å²) in [6.07, 6.45) is 1.65. The first-order valence-corrected chi connectivity index (χ1v) is 8.22. The van der Waals surface area contributed by atoms with Gasteiger partial charge in [-0.05, 0) is 24.3 Å². The standard InChI is InChI=1S/C16H21NO3S/c1-13(18)21-12-15-7-9-17(10-8-15)16(19)20-11-14-5-3-2-4-6-14/h2-6,15H,7-12H2,1H3. The fraction of sp³-hybridized carbons (Fsp3) is 0.500. The molecule has 21 heavy (non-hydrogen) atoms. The van der Waals surface area contributed by atoms with E-state index in [1.807, 2.05) is 30.3 Å². The molecule has 4 nitrogen and oxygen atoms in total. The highest BCUT2D eigenvalue weighted by molar-refractivity contribution is 8.13. The van der Waals surface area contributed by atoms with Gasteiger partial charge in [0, 0.05) is 25.8 Å². The minimum Gasteiger partial charge on any atom is -0.445 e. The minimum absolute atomic E-state index is 0.166. The van der Waals surface area contributed by atoms with Gasteiger partial charge in [0.05, 0.1) is 0 Å². The van der Waals surface area contributed by atoms with E-state index in [0.717, 1.165) is 37.2 Å². The maximum absolute atomic E-state index is 12.0. The number of nitrogens with zero attached hydrogens (tertiary/aromatic N) is 1. The molecule has 0 N–H and O–H groups in total. The summed E-state index contributed by atoms with van der Waals surface area (Å²) in [6.45, 7) is 3.36. The van der Waals surface area contributed by atoms with Crippen LogP contribution in [0.4, 0.5) is 4.79 Å². The van der Waals surface area contributed by atoms with Crippen LogP contribution in [0, 0.1) is 5.92 Å². The number of ether oxygens (including phenoxy) is 1. The molecule has 1 heterocycles. The fourth-order valence-electron chi connectivity index (χ4n) is 2.33. The van der Waals surface area contributed by atoms with Gasteiger partial charge < -0.3 is 9.64 Å². The van der Waals surface area contributed by atoms with Crippen molar-refractivity contribution in [2.24, 2.45) is 5.92 Å². The SMILES string of the molecule is CC(=O)SCC1CCN(C(=O)OCc2ccccc2)CC1. The summed E-state index contributed by atoms with van der Waals surface area (Å²) in [6, 6.07) is 9.69. The van der Waals surface area contributed by atoms with Crippen LogP contribution in [0.5, 0.6) is 0 Å². The van der Waals surface area contributed by atoms with E-state index in [1.165, 1.54) is 11.8 Å². The van der Waals surface area contributed by atoms with Gasteiger partial charge in [0.15, 0.2) is 5.12 Å². The number of hydrogen-bond acceptors (Lipinski definition) is 4. The van der Waals surface area contributed by atoms with Crippen LogP contribution in [0.2, 0.25) is 0 Å². The van der Waals surface area contributed by atoms with Crippen molar-refractivity contribution >= 4 is 23.0 Å². The first-order chi connectivity index (χ1) is 10.1. The van der Waals surface area contributed by atoms with E-state index in [0.29, 0.717) is 12.5 Å². The molecular formula is C16H21NO3S. The van der Waals surface area contributed by atoms with Crippen LogP contribution in [-0.2, 0) is 16.1 Å². The quantitative estimate of drug-likeness (QED) is 0.856.